The van der Waals surface area contributed by atoms with E-state index in [9.17, 15) is 4.79 Å². The van der Waals surface area contributed by atoms with Gasteiger partial charge in [-0.05, 0) is 19.4 Å². The van der Waals surface area contributed by atoms with E-state index < -0.39 is 0 Å². The molecule has 0 aromatic heterocycles. The molecule has 0 fully saturated rings. The smallest absolute Gasteiger partial charge is 0.312 e. The van der Waals surface area contributed by atoms with Gasteiger partial charge in [0.05, 0.1) is 13.0 Å². The lowest BCUT2D eigenvalue weighted by Crippen LogP contribution is -2.13. The first kappa shape index (κ1) is 11.7. The fourth-order valence-electron chi connectivity index (χ4n) is 0.909. The number of rotatable bonds is 4. The second kappa shape index (κ2) is 6.23. The van der Waals surface area contributed by atoms with Gasteiger partial charge in [-0.3, -0.25) is 4.79 Å². The second-order valence-electron chi connectivity index (χ2n) is 2.64. The molecule has 0 saturated carbocycles. The van der Waals surface area contributed by atoms with Crippen LogP contribution < -0.4 is 0 Å². The summed E-state index contributed by atoms with van der Waals surface area (Å²) in [6.07, 6.45) is 7.29. The number of allylic oxidation sites excluding steroid dienone is 4. The maximum absolute atomic E-state index is 11.1. The van der Waals surface area contributed by atoms with Crippen LogP contribution in [0.5, 0.6) is 0 Å². The fourth-order valence-corrected chi connectivity index (χ4v) is 0.909. The van der Waals surface area contributed by atoms with E-state index in [0.29, 0.717) is 0 Å². The van der Waals surface area contributed by atoms with Gasteiger partial charge in [0.2, 0.25) is 0 Å². The minimum atomic E-state index is -0.251. The number of carbonyl (C=O) groups is 1. The van der Waals surface area contributed by atoms with Crippen molar-refractivity contribution in [1.29, 1.82) is 0 Å². The van der Waals surface area contributed by atoms with Gasteiger partial charge in [0, 0.05) is 0 Å². The standard InChI is InChI=1S/C11H16O2/c1-5-7-8-10(6-2)9(3)11(12)13-4/h5-9H,2H2,1,3-4H3. The van der Waals surface area contributed by atoms with Crippen LogP contribution in [0.25, 0.3) is 0 Å². The Morgan fingerprint density at radius 3 is 2.54 bits per heavy atom. The molecular weight excluding hydrogens is 164 g/mol. The molecule has 0 amide bonds. The number of carbonyl (C=O) groups excluding carboxylic acids is 1. The van der Waals surface area contributed by atoms with Gasteiger partial charge in [0.1, 0.15) is 0 Å². The summed E-state index contributed by atoms with van der Waals surface area (Å²) in [5.74, 6) is -0.491. The predicted molar refractivity (Wildman–Crippen MR) is 54.3 cm³/mol. The summed E-state index contributed by atoms with van der Waals surface area (Å²) in [7, 11) is 1.38. The topological polar surface area (TPSA) is 26.3 Å². The molecule has 2 heteroatoms. The van der Waals surface area contributed by atoms with Crippen LogP contribution in [0.1, 0.15) is 13.8 Å². The lowest BCUT2D eigenvalue weighted by atomic mass is 10.0. The average Bonchev–Trinajstić information content (AvgIpc) is 2.17. The van der Waals surface area contributed by atoms with Crippen molar-refractivity contribution in [2.75, 3.05) is 7.11 Å². The van der Waals surface area contributed by atoms with Gasteiger partial charge >= 0.3 is 5.97 Å². The van der Waals surface area contributed by atoms with E-state index in [1.165, 1.54) is 7.11 Å². The van der Waals surface area contributed by atoms with Crippen molar-refractivity contribution in [3.63, 3.8) is 0 Å². The summed E-state index contributed by atoms with van der Waals surface area (Å²) >= 11 is 0. The Bertz CT molecular complexity index is 236. The molecule has 0 aliphatic heterocycles. The molecule has 72 valence electrons. The van der Waals surface area contributed by atoms with E-state index in [2.05, 4.69) is 11.3 Å². The Hall–Kier alpha value is -1.31. The van der Waals surface area contributed by atoms with E-state index in [1.54, 1.807) is 13.0 Å². The van der Waals surface area contributed by atoms with Gasteiger partial charge in [-0.1, -0.05) is 30.9 Å². The molecule has 0 aliphatic rings. The molecule has 0 heterocycles. The highest BCUT2D eigenvalue weighted by Crippen LogP contribution is 2.13. The molecule has 0 aromatic rings. The second-order valence-corrected chi connectivity index (χ2v) is 2.64. The van der Waals surface area contributed by atoms with E-state index in [1.807, 2.05) is 25.2 Å². The van der Waals surface area contributed by atoms with Crippen LogP contribution in [-0.2, 0) is 9.53 Å². The molecule has 0 saturated heterocycles. The van der Waals surface area contributed by atoms with Crippen molar-refractivity contribution in [1.82, 2.24) is 0 Å². The largest absolute Gasteiger partial charge is 0.469 e. The van der Waals surface area contributed by atoms with Crippen molar-refractivity contribution in [3.05, 3.63) is 36.5 Å². The van der Waals surface area contributed by atoms with Crippen molar-refractivity contribution >= 4 is 5.97 Å². The van der Waals surface area contributed by atoms with Crippen LogP contribution in [0.15, 0.2) is 36.5 Å². The number of esters is 1. The molecule has 1 unspecified atom stereocenters. The third-order valence-electron chi connectivity index (χ3n) is 1.77. The van der Waals surface area contributed by atoms with Gasteiger partial charge in [-0.25, -0.2) is 0 Å². The Morgan fingerprint density at radius 1 is 1.54 bits per heavy atom. The van der Waals surface area contributed by atoms with Crippen molar-refractivity contribution in [3.8, 4) is 0 Å². The van der Waals surface area contributed by atoms with Gasteiger partial charge in [-0.15, -0.1) is 0 Å². The third kappa shape index (κ3) is 3.74. The van der Waals surface area contributed by atoms with Crippen molar-refractivity contribution in [2.45, 2.75) is 13.8 Å². The first-order chi connectivity index (χ1) is 6.17. The van der Waals surface area contributed by atoms with Crippen LogP contribution >= 0.6 is 0 Å². The zero-order chi connectivity index (χ0) is 10.3. The zero-order valence-corrected chi connectivity index (χ0v) is 8.41. The van der Waals surface area contributed by atoms with Crippen molar-refractivity contribution in [2.24, 2.45) is 5.92 Å². The number of hydrogen-bond donors (Lipinski definition) is 0. The SMILES string of the molecule is C=CC(=CC=CC)C(C)C(=O)OC. The quantitative estimate of drug-likeness (QED) is 0.490. The maximum Gasteiger partial charge on any atom is 0.312 e. The highest BCUT2D eigenvalue weighted by molar-refractivity contribution is 5.76. The maximum atomic E-state index is 11.1. The fraction of sp³-hybridized carbons (Fsp3) is 0.364. The van der Waals surface area contributed by atoms with Crippen LogP contribution in [0.4, 0.5) is 0 Å². The van der Waals surface area contributed by atoms with E-state index in [4.69, 9.17) is 0 Å². The molecule has 0 N–H and O–H groups in total. The molecule has 2 nitrogen and oxygen atoms in total. The Kier molecular flexibility index (Phi) is 5.60. The van der Waals surface area contributed by atoms with Gasteiger partial charge in [0.15, 0.2) is 0 Å². The lowest BCUT2D eigenvalue weighted by molar-refractivity contribution is -0.143. The minimum Gasteiger partial charge on any atom is -0.469 e. The molecule has 13 heavy (non-hydrogen) atoms. The summed E-state index contributed by atoms with van der Waals surface area (Å²) in [6.45, 7) is 7.35. The summed E-state index contributed by atoms with van der Waals surface area (Å²) in [6, 6.07) is 0. The molecule has 0 radical (unpaired) electrons. The van der Waals surface area contributed by atoms with Gasteiger partial charge in [0.25, 0.3) is 0 Å². The Labute approximate surface area is 79.6 Å². The summed E-state index contributed by atoms with van der Waals surface area (Å²) in [5, 5.41) is 0. The Balaban J connectivity index is 4.57. The van der Waals surface area contributed by atoms with E-state index >= 15 is 0 Å². The molecular formula is C11H16O2. The normalized spacial score (nSPS) is 14.2. The van der Waals surface area contributed by atoms with Gasteiger partial charge in [-0.2, -0.15) is 0 Å². The molecule has 1 atom stereocenters. The number of methoxy groups -OCH3 is 1. The Morgan fingerprint density at radius 2 is 2.15 bits per heavy atom. The number of ether oxygens (including phenoxy) is 1. The number of hydrogen-bond acceptors (Lipinski definition) is 2. The molecule has 0 bridgehead atoms. The lowest BCUT2D eigenvalue weighted by Gasteiger charge is -2.08. The van der Waals surface area contributed by atoms with E-state index in [-0.39, 0.29) is 11.9 Å². The highest BCUT2D eigenvalue weighted by atomic mass is 16.5. The minimum absolute atomic E-state index is 0.240. The molecule has 0 rings (SSSR count). The van der Waals surface area contributed by atoms with E-state index in [0.717, 1.165) is 5.57 Å². The average molecular weight is 180 g/mol. The van der Waals surface area contributed by atoms with Crippen LogP contribution in [0.3, 0.4) is 0 Å². The predicted octanol–water partition coefficient (Wildman–Crippen LogP) is 2.48. The van der Waals surface area contributed by atoms with Gasteiger partial charge < -0.3 is 4.74 Å². The van der Waals surface area contributed by atoms with Crippen LogP contribution in [-0.4, -0.2) is 13.1 Å². The van der Waals surface area contributed by atoms with Crippen LogP contribution in [0, 0.1) is 5.92 Å². The van der Waals surface area contributed by atoms with Crippen molar-refractivity contribution < 1.29 is 9.53 Å². The first-order valence-electron chi connectivity index (χ1n) is 4.20. The molecule has 0 aliphatic carbocycles. The summed E-state index contributed by atoms with van der Waals surface area (Å²) in [4.78, 5) is 11.1. The summed E-state index contributed by atoms with van der Waals surface area (Å²) in [5.41, 5.74) is 0.866. The van der Waals surface area contributed by atoms with Crippen LogP contribution in [0.2, 0.25) is 0 Å². The molecule has 0 spiro atoms. The molecule has 0 aromatic carbocycles. The highest BCUT2D eigenvalue weighted by Gasteiger charge is 2.14. The zero-order valence-electron chi connectivity index (χ0n) is 8.41. The monoisotopic (exact) mass is 180 g/mol. The summed E-state index contributed by atoms with van der Waals surface area (Å²) < 4.78 is 4.62. The third-order valence-corrected chi connectivity index (χ3v) is 1.77. The first-order valence-corrected chi connectivity index (χ1v) is 4.20.